The van der Waals surface area contributed by atoms with E-state index in [0.29, 0.717) is 24.2 Å². The summed E-state index contributed by atoms with van der Waals surface area (Å²) in [5.41, 5.74) is 7.71. The molecule has 0 radical (unpaired) electrons. The minimum absolute atomic E-state index is 0. The maximum atomic E-state index is 12.4. The number of rotatable bonds is 4. The Hall–Kier alpha value is -0.620. The van der Waals surface area contributed by atoms with Crippen LogP contribution in [0.15, 0.2) is 23.1 Å². The molecule has 1 aliphatic rings. The lowest BCUT2D eigenvalue weighted by atomic mass is 9.94. The van der Waals surface area contributed by atoms with Gasteiger partial charge < -0.3 is 5.73 Å². The Bertz CT molecular complexity index is 566. The second kappa shape index (κ2) is 7.58. The first kappa shape index (κ1) is 18.4. The normalized spacial score (nSPS) is 22.6. The third kappa shape index (κ3) is 4.68. The van der Waals surface area contributed by atoms with Gasteiger partial charge in [-0.25, -0.2) is 0 Å². The standard InChI is InChI=1S/C15H23NO3S.ClH/c1-3-12-10-11(2)4-9-15(12)20(17,18)19-14-7-5-13(16)6-8-14;/h4,9-10,13-14H,3,5-8,16H2,1-2H3;1H. The third-order valence-electron chi connectivity index (χ3n) is 3.85. The third-order valence-corrected chi connectivity index (χ3v) is 5.31. The van der Waals surface area contributed by atoms with E-state index >= 15 is 0 Å². The van der Waals surface area contributed by atoms with Crippen LogP contribution in [0.3, 0.4) is 0 Å². The van der Waals surface area contributed by atoms with Gasteiger partial charge in [-0.1, -0.05) is 24.6 Å². The summed E-state index contributed by atoms with van der Waals surface area (Å²) in [5.74, 6) is 0. The van der Waals surface area contributed by atoms with Crippen LogP contribution in [0.25, 0.3) is 0 Å². The molecule has 120 valence electrons. The van der Waals surface area contributed by atoms with E-state index in [9.17, 15) is 8.42 Å². The van der Waals surface area contributed by atoms with E-state index in [1.165, 1.54) is 0 Å². The van der Waals surface area contributed by atoms with Crippen molar-refractivity contribution < 1.29 is 12.6 Å². The van der Waals surface area contributed by atoms with E-state index in [1.54, 1.807) is 6.07 Å². The molecule has 4 nitrogen and oxygen atoms in total. The number of benzene rings is 1. The fourth-order valence-corrected chi connectivity index (χ4v) is 4.06. The highest BCUT2D eigenvalue weighted by Crippen LogP contribution is 2.26. The van der Waals surface area contributed by atoms with Crippen molar-refractivity contribution in [3.05, 3.63) is 29.3 Å². The van der Waals surface area contributed by atoms with Gasteiger partial charge in [0.2, 0.25) is 0 Å². The van der Waals surface area contributed by atoms with E-state index in [-0.39, 0.29) is 24.6 Å². The molecule has 1 aromatic rings. The van der Waals surface area contributed by atoms with Crippen molar-refractivity contribution in [2.75, 3.05) is 0 Å². The predicted octanol–water partition coefficient (Wildman–Crippen LogP) is 2.95. The average Bonchev–Trinajstić information content (AvgIpc) is 2.40. The van der Waals surface area contributed by atoms with Crippen molar-refractivity contribution in [1.82, 2.24) is 0 Å². The smallest absolute Gasteiger partial charge is 0.297 e. The van der Waals surface area contributed by atoms with Gasteiger partial charge in [-0.2, -0.15) is 8.42 Å². The van der Waals surface area contributed by atoms with Gasteiger partial charge in [0.05, 0.1) is 11.0 Å². The summed E-state index contributed by atoms with van der Waals surface area (Å²) in [6.07, 6.45) is 3.53. The summed E-state index contributed by atoms with van der Waals surface area (Å²) in [6, 6.07) is 5.56. The monoisotopic (exact) mass is 333 g/mol. The number of nitrogens with two attached hydrogens (primary N) is 1. The largest absolute Gasteiger partial charge is 0.328 e. The zero-order valence-electron chi connectivity index (χ0n) is 12.5. The fraction of sp³-hybridized carbons (Fsp3) is 0.600. The summed E-state index contributed by atoms with van der Waals surface area (Å²) in [6.45, 7) is 3.91. The first-order valence-corrected chi connectivity index (χ1v) is 8.61. The Morgan fingerprint density at radius 1 is 1.24 bits per heavy atom. The van der Waals surface area contributed by atoms with Gasteiger partial charge >= 0.3 is 0 Å². The molecule has 1 aromatic carbocycles. The van der Waals surface area contributed by atoms with Crippen LogP contribution in [0.1, 0.15) is 43.7 Å². The van der Waals surface area contributed by atoms with E-state index in [2.05, 4.69) is 0 Å². The number of hydrogen-bond donors (Lipinski definition) is 1. The molecule has 0 amide bonds. The Kier molecular flexibility index (Phi) is 6.66. The van der Waals surface area contributed by atoms with E-state index in [0.717, 1.165) is 24.0 Å². The fourth-order valence-electron chi connectivity index (χ4n) is 2.64. The molecule has 0 spiro atoms. The molecule has 21 heavy (non-hydrogen) atoms. The Morgan fingerprint density at radius 3 is 2.43 bits per heavy atom. The molecule has 0 heterocycles. The molecule has 0 saturated heterocycles. The molecule has 2 N–H and O–H groups in total. The summed E-state index contributed by atoms with van der Waals surface area (Å²) in [7, 11) is -3.68. The van der Waals surface area contributed by atoms with Crippen molar-refractivity contribution in [3.63, 3.8) is 0 Å². The second-order valence-electron chi connectivity index (χ2n) is 5.55. The average molecular weight is 334 g/mol. The Labute approximate surface area is 133 Å². The lowest BCUT2D eigenvalue weighted by Crippen LogP contribution is -2.31. The maximum absolute atomic E-state index is 12.4. The highest BCUT2D eigenvalue weighted by molar-refractivity contribution is 7.86. The number of aryl methyl sites for hydroxylation is 2. The van der Waals surface area contributed by atoms with Gasteiger partial charge in [0.25, 0.3) is 10.1 Å². The molecule has 0 bridgehead atoms. The topological polar surface area (TPSA) is 69.4 Å². The van der Waals surface area contributed by atoms with Gasteiger partial charge in [0, 0.05) is 6.04 Å². The van der Waals surface area contributed by atoms with Crippen LogP contribution in [0, 0.1) is 6.92 Å². The molecule has 1 fully saturated rings. The zero-order chi connectivity index (χ0) is 14.8. The molecular weight excluding hydrogens is 310 g/mol. The van der Waals surface area contributed by atoms with Crippen LogP contribution in [-0.4, -0.2) is 20.6 Å². The Morgan fingerprint density at radius 2 is 1.86 bits per heavy atom. The number of halogens is 1. The molecule has 6 heteroatoms. The van der Waals surface area contributed by atoms with Crippen LogP contribution in [0.4, 0.5) is 0 Å². The van der Waals surface area contributed by atoms with Crippen LogP contribution in [0.2, 0.25) is 0 Å². The summed E-state index contributed by atoms with van der Waals surface area (Å²) < 4.78 is 30.3. The molecule has 0 atom stereocenters. The van der Waals surface area contributed by atoms with E-state index in [1.807, 2.05) is 26.0 Å². The van der Waals surface area contributed by atoms with Gasteiger partial charge in [-0.3, -0.25) is 4.18 Å². The predicted molar refractivity (Wildman–Crippen MR) is 86.3 cm³/mol. The highest BCUT2D eigenvalue weighted by Gasteiger charge is 2.27. The maximum Gasteiger partial charge on any atom is 0.297 e. The summed E-state index contributed by atoms with van der Waals surface area (Å²) in [5, 5.41) is 0. The van der Waals surface area contributed by atoms with Gasteiger partial charge in [-0.05, 0) is 50.7 Å². The highest BCUT2D eigenvalue weighted by atomic mass is 35.5. The van der Waals surface area contributed by atoms with Crippen molar-refractivity contribution in [2.24, 2.45) is 5.73 Å². The van der Waals surface area contributed by atoms with E-state index in [4.69, 9.17) is 9.92 Å². The quantitative estimate of drug-likeness (QED) is 0.860. The summed E-state index contributed by atoms with van der Waals surface area (Å²) >= 11 is 0. The SMILES string of the molecule is CCc1cc(C)ccc1S(=O)(=O)OC1CCC(N)CC1.Cl. The van der Waals surface area contributed by atoms with Crippen LogP contribution < -0.4 is 5.73 Å². The summed E-state index contributed by atoms with van der Waals surface area (Å²) in [4.78, 5) is 0.306. The first-order chi connectivity index (χ1) is 9.42. The molecular formula is C15H24ClNO3S. The van der Waals surface area contributed by atoms with Gasteiger partial charge in [0.1, 0.15) is 0 Å². The lowest BCUT2D eigenvalue weighted by Gasteiger charge is -2.25. The van der Waals surface area contributed by atoms with Crippen molar-refractivity contribution in [2.45, 2.75) is 63.0 Å². The van der Waals surface area contributed by atoms with Crippen LogP contribution >= 0.6 is 12.4 Å². The molecule has 2 rings (SSSR count). The molecule has 0 unspecified atom stereocenters. The number of hydrogen-bond acceptors (Lipinski definition) is 4. The van der Waals surface area contributed by atoms with Crippen molar-refractivity contribution in [3.8, 4) is 0 Å². The van der Waals surface area contributed by atoms with Crippen molar-refractivity contribution in [1.29, 1.82) is 0 Å². The van der Waals surface area contributed by atoms with Crippen LogP contribution in [-0.2, 0) is 20.7 Å². The van der Waals surface area contributed by atoms with Crippen molar-refractivity contribution >= 4 is 22.5 Å². The Balaban J connectivity index is 0.00000220. The van der Waals surface area contributed by atoms with Crippen LogP contribution in [0.5, 0.6) is 0 Å². The minimum atomic E-state index is -3.68. The molecule has 1 aliphatic carbocycles. The minimum Gasteiger partial charge on any atom is -0.328 e. The molecule has 0 aliphatic heterocycles. The van der Waals surface area contributed by atoms with Gasteiger partial charge in [0.15, 0.2) is 0 Å². The molecule has 1 saturated carbocycles. The van der Waals surface area contributed by atoms with Gasteiger partial charge in [-0.15, -0.1) is 12.4 Å². The zero-order valence-corrected chi connectivity index (χ0v) is 14.2. The first-order valence-electron chi connectivity index (χ1n) is 7.20. The second-order valence-corrected chi connectivity index (χ2v) is 7.09. The molecule has 0 aromatic heterocycles. The lowest BCUT2D eigenvalue weighted by molar-refractivity contribution is 0.154. The van der Waals surface area contributed by atoms with E-state index < -0.39 is 10.1 Å².